The maximum Gasteiger partial charge on any atom is 0.173 e. The zero-order chi connectivity index (χ0) is 6.15. The molecule has 1 heterocycles. The van der Waals surface area contributed by atoms with Crippen LogP contribution in [-0.4, -0.2) is 28.6 Å². The molecule has 1 N–H and O–H groups in total. The Balaban J connectivity index is 2.70. The van der Waals surface area contributed by atoms with Crippen LogP contribution in [0.3, 0.4) is 0 Å². The maximum absolute atomic E-state index is 4.89. The lowest BCUT2D eigenvalue weighted by Crippen LogP contribution is -2.24. The van der Waals surface area contributed by atoms with Gasteiger partial charge in [-0.05, 0) is 12.2 Å². The third-order valence-electron chi connectivity index (χ3n) is 1.07. The highest BCUT2D eigenvalue weighted by atomic mass is 32.1. The molecule has 0 radical (unpaired) electrons. The van der Waals surface area contributed by atoms with Crippen molar-refractivity contribution in [3.63, 3.8) is 0 Å². The summed E-state index contributed by atoms with van der Waals surface area (Å²) in [4.78, 5) is 2.67. The molecule has 0 atom stereocenters. The quantitative estimate of drug-likeness (QED) is 0.488. The van der Waals surface area contributed by atoms with Crippen LogP contribution in [0.2, 0.25) is 0 Å². The van der Waals surface area contributed by atoms with Crippen LogP contribution in [-0.2, 0) is 0 Å². The summed E-state index contributed by atoms with van der Waals surface area (Å²) in [6.07, 6.45) is 0. The first-order valence-corrected chi connectivity index (χ1v) is 3.08. The normalized spacial score (nSPS) is 19.4. The third kappa shape index (κ3) is 0.809. The number of hydrogen-bond donors (Lipinski definition) is 1. The van der Waals surface area contributed by atoms with E-state index in [2.05, 4.69) is 5.32 Å². The Labute approximate surface area is 58.9 Å². The summed E-state index contributed by atoms with van der Waals surface area (Å²) in [5.41, 5.74) is 0. The SMILES string of the molecule is CN1C(=S)CNC1=S. The van der Waals surface area contributed by atoms with E-state index in [1.807, 2.05) is 7.05 Å². The molecule has 1 fully saturated rings. The molecule has 0 bridgehead atoms. The van der Waals surface area contributed by atoms with Gasteiger partial charge in [-0.2, -0.15) is 0 Å². The Kier molecular flexibility index (Phi) is 1.44. The van der Waals surface area contributed by atoms with Crippen LogP contribution < -0.4 is 5.32 Å². The molecule has 2 nitrogen and oxygen atoms in total. The Bertz CT molecular complexity index is 127. The predicted octanol–water partition coefficient (Wildman–Crippen LogP) is 0.134. The minimum absolute atomic E-state index is 0.727. The fourth-order valence-electron chi connectivity index (χ4n) is 0.502. The van der Waals surface area contributed by atoms with Crippen molar-refractivity contribution in [2.24, 2.45) is 0 Å². The van der Waals surface area contributed by atoms with Gasteiger partial charge in [-0.25, -0.2) is 0 Å². The van der Waals surface area contributed by atoms with E-state index >= 15 is 0 Å². The average molecular weight is 146 g/mol. The van der Waals surface area contributed by atoms with Crippen LogP contribution in [0, 0.1) is 0 Å². The molecule has 0 aliphatic carbocycles. The molecule has 4 heteroatoms. The monoisotopic (exact) mass is 146 g/mol. The summed E-state index contributed by atoms with van der Waals surface area (Å²) in [5, 5.41) is 3.67. The van der Waals surface area contributed by atoms with Crippen molar-refractivity contribution in [3.05, 3.63) is 0 Å². The Morgan fingerprint density at radius 2 is 2.25 bits per heavy atom. The van der Waals surface area contributed by atoms with Gasteiger partial charge in [0, 0.05) is 7.05 Å². The second-order valence-corrected chi connectivity index (χ2v) is 2.47. The van der Waals surface area contributed by atoms with Gasteiger partial charge in [-0.3, -0.25) is 0 Å². The molecule has 0 saturated carbocycles. The second-order valence-electron chi connectivity index (χ2n) is 1.61. The molecule has 0 amide bonds. The Morgan fingerprint density at radius 3 is 2.38 bits per heavy atom. The second kappa shape index (κ2) is 1.95. The first kappa shape index (κ1) is 5.91. The number of hydrogen-bond acceptors (Lipinski definition) is 2. The molecule has 0 unspecified atom stereocenters. The number of rotatable bonds is 0. The highest BCUT2D eigenvalue weighted by Crippen LogP contribution is 1.95. The lowest BCUT2D eigenvalue weighted by Gasteiger charge is -2.05. The van der Waals surface area contributed by atoms with Gasteiger partial charge >= 0.3 is 0 Å². The van der Waals surface area contributed by atoms with Crippen molar-refractivity contribution >= 4 is 34.5 Å². The molecular formula is C4H6N2S2. The molecule has 0 aromatic rings. The molecule has 1 aliphatic rings. The summed E-state index contributed by atoms with van der Waals surface area (Å²) in [6, 6.07) is 0. The van der Waals surface area contributed by atoms with Crippen LogP contribution >= 0.6 is 24.4 Å². The van der Waals surface area contributed by atoms with E-state index in [4.69, 9.17) is 24.4 Å². The molecular weight excluding hydrogens is 140 g/mol. The van der Waals surface area contributed by atoms with Crippen LogP contribution in [0.1, 0.15) is 0 Å². The first-order chi connectivity index (χ1) is 3.72. The van der Waals surface area contributed by atoms with E-state index < -0.39 is 0 Å². The predicted molar refractivity (Wildman–Crippen MR) is 41.0 cm³/mol. The van der Waals surface area contributed by atoms with E-state index in [1.54, 1.807) is 4.90 Å². The van der Waals surface area contributed by atoms with Gasteiger partial charge < -0.3 is 10.2 Å². The van der Waals surface area contributed by atoms with E-state index in [9.17, 15) is 0 Å². The molecule has 1 saturated heterocycles. The molecule has 1 aliphatic heterocycles. The van der Waals surface area contributed by atoms with Crippen molar-refractivity contribution in [1.82, 2.24) is 10.2 Å². The number of nitrogens with zero attached hydrogens (tertiary/aromatic N) is 1. The molecule has 0 aromatic heterocycles. The van der Waals surface area contributed by atoms with Gasteiger partial charge in [0.15, 0.2) is 5.11 Å². The van der Waals surface area contributed by atoms with E-state index in [0.29, 0.717) is 0 Å². The van der Waals surface area contributed by atoms with Gasteiger partial charge in [-0.1, -0.05) is 12.2 Å². The summed E-state index contributed by atoms with van der Waals surface area (Å²) < 4.78 is 0. The smallest absolute Gasteiger partial charge is 0.173 e. The van der Waals surface area contributed by atoms with Crippen LogP contribution in [0.25, 0.3) is 0 Å². The topological polar surface area (TPSA) is 15.3 Å². The van der Waals surface area contributed by atoms with Crippen LogP contribution in [0.5, 0.6) is 0 Å². The van der Waals surface area contributed by atoms with E-state index in [0.717, 1.165) is 16.6 Å². The van der Waals surface area contributed by atoms with Crippen molar-refractivity contribution in [1.29, 1.82) is 0 Å². The number of nitrogens with one attached hydrogen (secondary N) is 1. The van der Waals surface area contributed by atoms with Crippen molar-refractivity contribution in [2.45, 2.75) is 0 Å². The van der Waals surface area contributed by atoms with Gasteiger partial charge in [-0.15, -0.1) is 0 Å². The molecule has 1 rings (SSSR count). The van der Waals surface area contributed by atoms with Crippen molar-refractivity contribution in [3.8, 4) is 0 Å². The third-order valence-corrected chi connectivity index (χ3v) is 1.91. The summed E-state index contributed by atoms with van der Waals surface area (Å²) in [5.74, 6) is 0. The standard InChI is InChI=1S/C4H6N2S2/c1-6-3(7)2-5-4(6)8/h2H2,1H3,(H,5,8). The molecule has 44 valence electrons. The Morgan fingerprint density at radius 1 is 1.62 bits per heavy atom. The minimum atomic E-state index is 0.727. The highest BCUT2D eigenvalue weighted by molar-refractivity contribution is 7.82. The van der Waals surface area contributed by atoms with E-state index in [1.165, 1.54) is 0 Å². The maximum atomic E-state index is 4.89. The summed E-state index contributed by atoms with van der Waals surface area (Å²) in [6.45, 7) is 0.727. The lowest BCUT2D eigenvalue weighted by molar-refractivity contribution is 0.794. The number of thiocarbonyl (C=S) groups is 2. The average Bonchev–Trinajstić information content (AvgIpc) is 1.98. The van der Waals surface area contributed by atoms with Gasteiger partial charge in [0.2, 0.25) is 0 Å². The lowest BCUT2D eigenvalue weighted by atomic mass is 10.6. The highest BCUT2D eigenvalue weighted by Gasteiger charge is 2.15. The molecule has 0 spiro atoms. The summed E-state index contributed by atoms with van der Waals surface area (Å²) in [7, 11) is 1.87. The fraction of sp³-hybridized carbons (Fsp3) is 0.500. The van der Waals surface area contributed by atoms with Crippen LogP contribution in [0.4, 0.5) is 0 Å². The largest absolute Gasteiger partial charge is 0.356 e. The van der Waals surface area contributed by atoms with Crippen molar-refractivity contribution < 1.29 is 0 Å². The molecule has 0 aromatic carbocycles. The minimum Gasteiger partial charge on any atom is -0.356 e. The Hall–Kier alpha value is -0.220. The van der Waals surface area contributed by atoms with Crippen LogP contribution in [0.15, 0.2) is 0 Å². The first-order valence-electron chi connectivity index (χ1n) is 2.26. The van der Waals surface area contributed by atoms with E-state index in [-0.39, 0.29) is 0 Å². The van der Waals surface area contributed by atoms with Gasteiger partial charge in [0.25, 0.3) is 0 Å². The fourth-order valence-corrected chi connectivity index (χ4v) is 0.905. The van der Waals surface area contributed by atoms with Crippen molar-refractivity contribution in [2.75, 3.05) is 13.6 Å². The summed E-state index contributed by atoms with van der Waals surface area (Å²) >= 11 is 9.74. The van der Waals surface area contributed by atoms with Gasteiger partial charge in [0.05, 0.1) is 6.54 Å². The zero-order valence-corrected chi connectivity index (χ0v) is 6.10. The molecule has 8 heavy (non-hydrogen) atoms. The van der Waals surface area contributed by atoms with Gasteiger partial charge in [0.1, 0.15) is 4.99 Å². The number of likely N-dealkylation sites (N-methyl/N-ethyl adjacent to an activating group) is 1. The zero-order valence-electron chi connectivity index (χ0n) is 4.47.